The average Bonchev–Trinajstić information content (AvgIpc) is 2.63. The fourth-order valence-corrected chi connectivity index (χ4v) is 1.51. The molecule has 0 aliphatic rings. The van der Waals surface area contributed by atoms with Gasteiger partial charge in [-0.05, 0) is 5.75 Å². The van der Waals surface area contributed by atoms with Crippen molar-refractivity contribution in [2.45, 2.75) is 31.6 Å². The van der Waals surface area contributed by atoms with E-state index in [1.807, 2.05) is 6.07 Å². The molecule has 0 aliphatic carbocycles. The van der Waals surface area contributed by atoms with Gasteiger partial charge in [-0.1, -0.05) is 12.1 Å². The van der Waals surface area contributed by atoms with E-state index in [4.69, 9.17) is 9.78 Å². The molecule has 1 unspecified atom stereocenters. The standard InChI is InChI=1S/C9H13N3O2S/c1-2-15-6-8-11-9(14-12-8)5-7(13)3-4-10/h7,13H,2-3,5-6H2,1H3. The second-order valence-corrected chi connectivity index (χ2v) is 4.24. The second kappa shape index (κ2) is 6.43. The molecule has 82 valence electrons. The summed E-state index contributed by atoms with van der Waals surface area (Å²) in [6.07, 6.45) is -0.388. The topological polar surface area (TPSA) is 82.9 Å². The van der Waals surface area contributed by atoms with E-state index in [0.29, 0.717) is 17.5 Å². The van der Waals surface area contributed by atoms with Gasteiger partial charge in [0, 0.05) is 0 Å². The highest BCUT2D eigenvalue weighted by molar-refractivity contribution is 7.98. The molecular weight excluding hydrogens is 214 g/mol. The fraction of sp³-hybridized carbons (Fsp3) is 0.667. The van der Waals surface area contributed by atoms with Crippen molar-refractivity contribution in [2.24, 2.45) is 0 Å². The number of aromatic nitrogens is 2. The number of hydrogen-bond acceptors (Lipinski definition) is 6. The van der Waals surface area contributed by atoms with Crippen molar-refractivity contribution in [2.75, 3.05) is 5.75 Å². The van der Waals surface area contributed by atoms with E-state index in [2.05, 4.69) is 17.1 Å². The first kappa shape index (κ1) is 12.0. The normalized spacial score (nSPS) is 12.3. The lowest BCUT2D eigenvalue weighted by Gasteiger charge is -1.99. The Morgan fingerprint density at radius 1 is 1.67 bits per heavy atom. The number of rotatable bonds is 6. The number of thioether (sulfide) groups is 1. The van der Waals surface area contributed by atoms with Gasteiger partial charge in [-0.25, -0.2) is 0 Å². The van der Waals surface area contributed by atoms with Gasteiger partial charge in [-0.15, -0.1) is 0 Å². The largest absolute Gasteiger partial charge is 0.392 e. The second-order valence-electron chi connectivity index (χ2n) is 2.96. The van der Waals surface area contributed by atoms with Crippen LogP contribution in [-0.2, 0) is 12.2 Å². The predicted molar refractivity (Wildman–Crippen MR) is 56.1 cm³/mol. The molecule has 5 nitrogen and oxygen atoms in total. The SMILES string of the molecule is CCSCc1noc(CC(O)CC#N)n1. The third-order valence-electron chi connectivity index (χ3n) is 1.68. The quantitative estimate of drug-likeness (QED) is 0.784. The maximum absolute atomic E-state index is 9.33. The first-order valence-corrected chi connectivity index (χ1v) is 5.86. The molecular formula is C9H13N3O2S. The van der Waals surface area contributed by atoms with Gasteiger partial charge in [-0.2, -0.15) is 22.0 Å². The molecule has 0 aromatic carbocycles. The number of nitrogens with zero attached hydrogens (tertiary/aromatic N) is 3. The zero-order valence-electron chi connectivity index (χ0n) is 8.51. The minimum Gasteiger partial charge on any atom is -0.392 e. The van der Waals surface area contributed by atoms with Crippen LogP contribution in [0.1, 0.15) is 25.1 Å². The van der Waals surface area contributed by atoms with Gasteiger partial charge >= 0.3 is 0 Å². The minimum atomic E-state index is -0.720. The lowest BCUT2D eigenvalue weighted by molar-refractivity contribution is 0.167. The van der Waals surface area contributed by atoms with Crippen LogP contribution in [-0.4, -0.2) is 27.1 Å². The van der Waals surface area contributed by atoms with Crippen molar-refractivity contribution in [3.05, 3.63) is 11.7 Å². The van der Waals surface area contributed by atoms with E-state index in [0.717, 1.165) is 5.75 Å². The zero-order valence-corrected chi connectivity index (χ0v) is 9.33. The summed E-state index contributed by atoms with van der Waals surface area (Å²) < 4.78 is 4.93. The number of nitriles is 1. The molecule has 1 aromatic heterocycles. The van der Waals surface area contributed by atoms with E-state index in [1.54, 1.807) is 11.8 Å². The van der Waals surface area contributed by atoms with Gasteiger partial charge in [0.05, 0.1) is 30.8 Å². The van der Waals surface area contributed by atoms with Crippen molar-refractivity contribution in [1.29, 1.82) is 5.26 Å². The first-order valence-electron chi connectivity index (χ1n) is 4.70. The van der Waals surface area contributed by atoms with Crippen LogP contribution < -0.4 is 0 Å². The van der Waals surface area contributed by atoms with E-state index >= 15 is 0 Å². The Hall–Kier alpha value is -1.06. The molecule has 0 fully saturated rings. The molecule has 0 aliphatic heterocycles. The summed E-state index contributed by atoms with van der Waals surface area (Å²) in [5.74, 6) is 2.75. The Morgan fingerprint density at radius 3 is 3.13 bits per heavy atom. The molecule has 1 N–H and O–H groups in total. The smallest absolute Gasteiger partial charge is 0.229 e. The molecule has 0 bridgehead atoms. The summed E-state index contributed by atoms with van der Waals surface area (Å²) in [5.41, 5.74) is 0. The van der Waals surface area contributed by atoms with Gasteiger partial charge in [0.1, 0.15) is 0 Å². The molecule has 6 heteroatoms. The van der Waals surface area contributed by atoms with Gasteiger partial charge < -0.3 is 9.63 Å². The van der Waals surface area contributed by atoms with Crippen LogP contribution >= 0.6 is 11.8 Å². The van der Waals surface area contributed by atoms with Crippen LogP contribution in [0.2, 0.25) is 0 Å². The Labute approximate surface area is 92.5 Å². The van der Waals surface area contributed by atoms with E-state index in [-0.39, 0.29) is 12.8 Å². The van der Waals surface area contributed by atoms with Gasteiger partial charge in [0.2, 0.25) is 5.89 Å². The Balaban J connectivity index is 2.42. The van der Waals surface area contributed by atoms with Crippen molar-refractivity contribution in [1.82, 2.24) is 10.1 Å². The van der Waals surface area contributed by atoms with Crippen LogP contribution in [0.4, 0.5) is 0 Å². The van der Waals surface area contributed by atoms with Crippen LogP contribution in [0.5, 0.6) is 0 Å². The highest BCUT2D eigenvalue weighted by Gasteiger charge is 2.11. The lowest BCUT2D eigenvalue weighted by Crippen LogP contribution is -2.09. The summed E-state index contributed by atoms with van der Waals surface area (Å²) in [6, 6.07) is 1.88. The van der Waals surface area contributed by atoms with E-state index in [1.165, 1.54) is 0 Å². The summed E-state index contributed by atoms with van der Waals surface area (Å²) in [4.78, 5) is 4.10. The number of hydrogen-bond donors (Lipinski definition) is 1. The summed E-state index contributed by atoms with van der Waals surface area (Å²) in [6.45, 7) is 2.06. The zero-order chi connectivity index (χ0) is 11.1. The first-order chi connectivity index (χ1) is 7.26. The molecule has 1 atom stereocenters. The molecule has 0 radical (unpaired) electrons. The molecule has 1 heterocycles. The summed E-state index contributed by atoms with van der Waals surface area (Å²) in [7, 11) is 0. The van der Waals surface area contributed by atoms with Crippen LogP contribution in [0.25, 0.3) is 0 Å². The fourth-order valence-electron chi connectivity index (χ4n) is 1.00. The highest BCUT2D eigenvalue weighted by Crippen LogP contribution is 2.10. The van der Waals surface area contributed by atoms with Crippen LogP contribution in [0, 0.1) is 11.3 Å². The van der Waals surface area contributed by atoms with Crippen molar-refractivity contribution < 1.29 is 9.63 Å². The van der Waals surface area contributed by atoms with Gasteiger partial charge in [0.25, 0.3) is 0 Å². The Morgan fingerprint density at radius 2 is 2.47 bits per heavy atom. The predicted octanol–water partition coefficient (Wildman–Crippen LogP) is 1.14. The van der Waals surface area contributed by atoms with Gasteiger partial charge in [-0.3, -0.25) is 0 Å². The molecule has 15 heavy (non-hydrogen) atoms. The maximum atomic E-state index is 9.33. The molecule has 0 amide bonds. The monoisotopic (exact) mass is 227 g/mol. The third kappa shape index (κ3) is 4.32. The highest BCUT2D eigenvalue weighted by atomic mass is 32.2. The van der Waals surface area contributed by atoms with E-state index < -0.39 is 6.10 Å². The lowest BCUT2D eigenvalue weighted by atomic mass is 10.2. The van der Waals surface area contributed by atoms with Crippen molar-refractivity contribution in [3.8, 4) is 6.07 Å². The maximum Gasteiger partial charge on any atom is 0.229 e. The summed E-state index contributed by atoms with van der Waals surface area (Å²) >= 11 is 1.70. The van der Waals surface area contributed by atoms with Crippen LogP contribution in [0.15, 0.2) is 4.52 Å². The number of aliphatic hydroxyl groups is 1. The Bertz CT molecular complexity index is 334. The molecule has 1 rings (SSSR count). The Kier molecular flexibility index (Phi) is 5.15. The molecule has 1 aromatic rings. The third-order valence-corrected chi connectivity index (χ3v) is 2.55. The minimum absolute atomic E-state index is 0.0847. The van der Waals surface area contributed by atoms with Crippen molar-refractivity contribution in [3.63, 3.8) is 0 Å². The summed E-state index contributed by atoms with van der Waals surface area (Å²) in [5, 5.41) is 21.5. The van der Waals surface area contributed by atoms with Crippen LogP contribution in [0.3, 0.4) is 0 Å². The van der Waals surface area contributed by atoms with Gasteiger partial charge in [0.15, 0.2) is 5.82 Å². The van der Waals surface area contributed by atoms with E-state index in [9.17, 15) is 5.11 Å². The average molecular weight is 227 g/mol. The van der Waals surface area contributed by atoms with Crippen molar-refractivity contribution >= 4 is 11.8 Å². The molecule has 0 spiro atoms. The molecule has 0 saturated heterocycles. The number of aliphatic hydroxyl groups excluding tert-OH is 1. The molecule has 0 saturated carbocycles.